The van der Waals surface area contributed by atoms with Crippen LogP contribution in [-0.2, 0) is 6.54 Å². The third-order valence-corrected chi connectivity index (χ3v) is 4.57. The summed E-state index contributed by atoms with van der Waals surface area (Å²) >= 11 is 11.2. The van der Waals surface area contributed by atoms with Gasteiger partial charge in [0.05, 0.1) is 0 Å². The van der Waals surface area contributed by atoms with E-state index < -0.39 is 0 Å². The molecule has 1 N–H and O–H groups in total. The first-order valence-corrected chi connectivity index (χ1v) is 8.82. The van der Waals surface area contributed by atoms with E-state index >= 15 is 0 Å². The molecule has 0 saturated carbocycles. The van der Waals surface area contributed by atoms with Crippen molar-refractivity contribution >= 4 is 39.3 Å². The first-order chi connectivity index (χ1) is 10.0. The van der Waals surface area contributed by atoms with Crippen molar-refractivity contribution in [2.75, 3.05) is 6.54 Å². The molecular weight excluding hydrogens is 368 g/mol. The summed E-state index contributed by atoms with van der Waals surface area (Å²) < 4.78 is 0.983. The van der Waals surface area contributed by atoms with Gasteiger partial charge in [0, 0.05) is 27.1 Å². The van der Waals surface area contributed by atoms with Crippen molar-refractivity contribution in [1.82, 2.24) is 10.3 Å². The Balaban J connectivity index is 2.12. The van der Waals surface area contributed by atoms with Crippen molar-refractivity contribution < 1.29 is 0 Å². The van der Waals surface area contributed by atoms with E-state index in [1.54, 1.807) is 11.8 Å². The van der Waals surface area contributed by atoms with E-state index in [4.69, 9.17) is 11.6 Å². The van der Waals surface area contributed by atoms with Gasteiger partial charge >= 0.3 is 0 Å². The monoisotopic (exact) mass is 384 g/mol. The van der Waals surface area contributed by atoms with Crippen LogP contribution in [0.2, 0.25) is 5.02 Å². The number of rotatable bonds is 6. The largest absolute Gasteiger partial charge is 0.312 e. The molecule has 0 aliphatic heterocycles. The van der Waals surface area contributed by atoms with Crippen LogP contribution in [0.4, 0.5) is 0 Å². The van der Waals surface area contributed by atoms with Crippen molar-refractivity contribution in [1.29, 1.82) is 0 Å². The Morgan fingerprint density at radius 3 is 2.76 bits per heavy atom. The molecule has 21 heavy (non-hydrogen) atoms. The fraction of sp³-hybridized carbons (Fsp3) is 0.312. The van der Waals surface area contributed by atoms with Gasteiger partial charge in [0.15, 0.2) is 0 Å². The summed E-state index contributed by atoms with van der Waals surface area (Å²) in [5, 5.41) is 5.19. The molecule has 5 heteroatoms. The van der Waals surface area contributed by atoms with Gasteiger partial charge in [-0.15, -0.1) is 0 Å². The normalized spacial score (nSPS) is 11.1. The highest BCUT2D eigenvalue weighted by atomic mass is 79.9. The molecule has 2 aromatic rings. The van der Waals surface area contributed by atoms with Gasteiger partial charge in [-0.1, -0.05) is 43.3 Å². The minimum absolute atomic E-state index is 0.640. The average molecular weight is 386 g/mol. The van der Waals surface area contributed by atoms with E-state index in [9.17, 15) is 0 Å². The second-order valence-electron chi connectivity index (χ2n) is 5.19. The van der Waals surface area contributed by atoms with E-state index in [1.807, 2.05) is 30.5 Å². The van der Waals surface area contributed by atoms with Crippen molar-refractivity contribution in [3.63, 3.8) is 0 Å². The number of nitrogens with zero attached hydrogens (tertiary/aromatic N) is 1. The molecule has 0 spiro atoms. The summed E-state index contributed by atoms with van der Waals surface area (Å²) in [6.07, 6.45) is 1.81. The molecule has 1 aromatic heterocycles. The highest BCUT2D eigenvalue weighted by Gasteiger charge is 2.07. The van der Waals surface area contributed by atoms with Crippen LogP contribution in [-0.4, -0.2) is 11.5 Å². The summed E-state index contributed by atoms with van der Waals surface area (Å²) in [5.41, 5.74) is 1.25. The maximum absolute atomic E-state index is 6.13. The SMILES string of the molecule is CC(C)CNCc1ccc(Cl)cc1Sc1ccc(Br)cn1. The Kier molecular flexibility index (Phi) is 6.55. The molecule has 0 unspecified atom stereocenters. The second kappa shape index (κ2) is 8.18. The zero-order valence-corrected chi connectivity index (χ0v) is 15.2. The maximum atomic E-state index is 6.13. The van der Waals surface area contributed by atoms with E-state index in [1.165, 1.54) is 5.56 Å². The minimum atomic E-state index is 0.640. The van der Waals surface area contributed by atoms with Crippen LogP contribution in [0, 0.1) is 5.92 Å². The molecule has 0 aliphatic rings. The van der Waals surface area contributed by atoms with Gasteiger partial charge < -0.3 is 5.32 Å². The fourth-order valence-electron chi connectivity index (χ4n) is 1.80. The summed E-state index contributed by atoms with van der Waals surface area (Å²) in [5.74, 6) is 0.640. The molecule has 0 amide bonds. The van der Waals surface area contributed by atoms with E-state index in [0.717, 1.165) is 32.5 Å². The maximum Gasteiger partial charge on any atom is 0.101 e. The third kappa shape index (κ3) is 5.62. The van der Waals surface area contributed by atoms with Crippen LogP contribution in [0.5, 0.6) is 0 Å². The molecule has 1 aromatic carbocycles. The standard InChI is InChI=1S/C16H18BrClN2S/c1-11(2)8-19-9-12-3-5-14(18)7-15(12)21-16-6-4-13(17)10-20-16/h3-7,10-11,19H,8-9H2,1-2H3. The third-order valence-electron chi connectivity index (χ3n) is 2.81. The van der Waals surface area contributed by atoms with Crippen LogP contribution < -0.4 is 5.32 Å². The lowest BCUT2D eigenvalue weighted by Gasteiger charge is -2.12. The topological polar surface area (TPSA) is 24.9 Å². The molecule has 0 saturated heterocycles. The Labute approximate surface area is 143 Å². The molecule has 0 fully saturated rings. The van der Waals surface area contributed by atoms with Crippen LogP contribution in [0.25, 0.3) is 0 Å². The first kappa shape index (κ1) is 16.8. The van der Waals surface area contributed by atoms with Gasteiger partial charge in [-0.3, -0.25) is 0 Å². The van der Waals surface area contributed by atoms with Crippen LogP contribution in [0.15, 0.2) is 50.9 Å². The van der Waals surface area contributed by atoms with E-state index in [-0.39, 0.29) is 0 Å². The van der Waals surface area contributed by atoms with Crippen molar-refractivity contribution in [3.05, 3.63) is 51.6 Å². The molecule has 112 valence electrons. The van der Waals surface area contributed by atoms with Crippen LogP contribution >= 0.6 is 39.3 Å². The number of nitrogens with one attached hydrogen (secondary N) is 1. The van der Waals surface area contributed by atoms with E-state index in [2.05, 4.69) is 46.1 Å². The highest BCUT2D eigenvalue weighted by Crippen LogP contribution is 2.31. The summed E-state index contributed by atoms with van der Waals surface area (Å²) in [6, 6.07) is 10.0. The predicted octanol–water partition coefficient (Wildman–Crippen LogP) is 5.39. The Hall–Kier alpha value is -0.550. The molecule has 2 nitrogen and oxygen atoms in total. The molecule has 0 radical (unpaired) electrons. The van der Waals surface area contributed by atoms with Gasteiger partial charge in [-0.2, -0.15) is 0 Å². The lowest BCUT2D eigenvalue weighted by molar-refractivity contribution is 0.550. The molecule has 1 heterocycles. The number of halogens is 2. The highest BCUT2D eigenvalue weighted by molar-refractivity contribution is 9.10. The van der Waals surface area contributed by atoms with Gasteiger partial charge in [0.25, 0.3) is 0 Å². The molecule has 0 bridgehead atoms. The summed E-state index contributed by atoms with van der Waals surface area (Å²) in [6.45, 7) is 6.25. The van der Waals surface area contributed by atoms with Gasteiger partial charge in [0.1, 0.15) is 5.03 Å². The van der Waals surface area contributed by atoms with Gasteiger partial charge in [-0.25, -0.2) is 4.98 Å². The lowest BCUT2D eigenvalue weighted by Crippen LogP contribution is -2.19. The predicted molar refractivity (Wildman–Crippen MR) is 94.1 cm³/mol. The van der Waals surface area contributed by atoms with Crippen molar-refractivity contribution in [3.8, 4) is 0 Å². The molecular formula is C16H18BrClN2S. The smallest absolute Gasteiger partial charge is 0.101 e. The first-order valence-electron chi connectivity index (χ1n) is 6.83. The summed E-state index contributed by atoms with van der Waals surface area (Å²) in [4.78, 5) is 5.55. The van der Waals surface area contributed by atoms with Crippen LogP contribution in [0.3, 0.4) is 0 Å². The number of hydrogen-bond acceptors (Lipinski definition) is 3. The summed E-state index contributed by atoms with van der Waals surface area (Å²) in [7, 11) is 0. The Bertz CT molecular complexity index is 587. The number of benzene rings is 1. The van der Waals surface area contributed by atoms with E-state index in [0.29, 0.717) is 5.92 Å². The number of hydrogen-bond donors (Lipinski definition) is 1. The quantitative estimate of drug-likeness (QED) is 0.721. The number of pyridine rings is 1. The van der Waals surface area contributed by atoms with Crippen molar-refractivity contribution in [2.45, 2.75) is 30.3 Å². The fourth-order valence-corrected chi connectivity index (χ4v) is 3.20. The van der Waals surface area contributed by atoms with Gasteiger partial charge in [-0.05, 0) is 58.2 Å². The second-order valence-corrected chi connectivity index (χ2v) is 7.61. The Morgan fingerprint density at radius 1 is 1.29 bits per heavy atom. The number of aromatic nitrogens is 1. The average Bonchev–Trinajstić information content (AvgIpc) is 2.43. The van der Waals surface area contributed by atoms with Crippen LogP contribution in [0.1, 0.15) is 19.4 Å². The van der Waals surface area contributed by atoms with Gasteiger partial charge in [0.2, 0.25) is 0 Å². The lowest BCUT2D eigenvalue weighted by atomic mass is 10.2. The zero-order valence-electron chi connectivity index (χ0n) is 12.1. The molecule has 0 aliphatic carbocycles. The molecule has 2 rings (SSSR count). The Morgan fingerprint density at radius 2 is 2.10 bits per heavy atom. The minimum Gasteiger partial charge on any atom is -0.312 e. The zero-order chi connectivity index (χ0) is 15.2. The molecule has 0 atom stereocenters. The van der Waals surface area contributed by atoms with Crippen molar-refractivity contribution in [2.24, 2.45) is 5.92 Å².